The van der Waals surface area contributed by atoms with Gasteiger partial charge in [-0.25, -0.2) is 14.4 Å². The van der Waals surface area contributed by atoms with E-state index in [0.29, 0.717) is 5.52 Å². The van der Waals surface area contributed by atoms with E-state index in [1.807, 2.05) is 0 Å². The molecule has 0 unspecified atom stereocenters. The molecule has 3 rings (SSSR count). The fourth-order valence-corrected chi connectivity index (χ4v) is 2.75. The summed E-state index contributed by atoms with van der Waals surface area (Å²) in [7, 11) is 3.80. The summed E-state index contributed by atoms with van der Waals surface area (Å²) in [4.78, 5) is 36.7. The second kappa shape index (κ2) is 6.75. The van der Waals surface area contributed by atoms with E-state index in [2.05, 4.69) is 0 Å². The number of aromatic nitrogens is 1. The van der Waals surface area contributed by atoms with Crippen LogP contribution >= 0.6 is 0 Å². The smallest absolute Gasteiger partial charge is 0.341 e. The SMILES string of the molecule is COC(=O)c1c(C(=O)OC)c2ccccn2c1-c1cc(OC)cc(=O)o1. The molecule has 3 aromatic rings. The maximum absolute atomic E-state index is 12.5. The molecular weight excluding hydrogens is 342 g/mol. The maximum atomic E-state index is 12.5. The molecule has 0 aliphatic carbocycles. The molecule has 0 bridgehead atoms. The largest absolute Gasteiger partial charge is 0.496 e. The van der Waals surface area contributed by atoms with Crippen LogP contribution in [0.1, 0.15) is 20.7 Å². The number of ether oxygens (including phenoxy) is 3. The second-order valence-electron chi connectivity index (χ2n) is 5.22. The van der Waals surface area contributed by atoms with Crippen LogP contribution in [0.3, 0.4) is 0 Å². The molecule has 0 aliphatic heterocycles. The molecule has 0 fully saturated rings. The zero-order valence-corrected chi connectivity index (χ0v) is 14.3. The number of hydrogen-bond acceptors (Lipinski definition) is 7. The quantitative estimate of drug-likeness (QED) is 0.660. The van der Waals surface area contributed by atoms with Gasteiger partial charge in [0.05, 0.1) is 32.9 Å². The van der Waals surface area contributed by atoms with Gasteiger partial charge in [-0.2, -0.15) is 0 Å². The van der Waals surface area contributed by atoms with Gasteiger partial charge in [0, 0.05) is 12.3 Å². The van der Waals surface area contributed by atoms with E-state index < -0.39 is 17.6 Å². The lowest BCUT2D eigenvalue weighted by Gasteiger charge is -2.06. The molecule has 0 radical (unpaired) electrons. The highest BCUT2D eigenvalue weighted by molar-refractivity contribution is 6.12. The minimum absolute atomic E-state index is 0.0143. The van der Waals surface area contributed by atoms with Gasteiger partial charge in [0.25, 0.3) is 0 Å². The van der Waals surface area contributed by atoms with E-state index in [1.54, 1.807) is 28.8 Å². The molecule has 0 N–H and O–H groups in total. The van der Waals surface area contributed by atoms with Crippen molar-refractivity contribution in [2.45, 2.75) is 0 Å². The third-order valence-corrected chi connectivity index (χ3v) is 3.84. The van der Waals surface area contributed by atoms with Crippen molar-refractivity contribution < 1.29 is 28.2 Å². The van der Waals surface area contributed by atoms with E-state index in [0.717, 1.165) is 0 Å². The lowest BCUT2D eigenvalue weighted by Crippen LogP contribution is -2.11. The van der Waals surface area contributed by atoms with Gasteiger partial charge in [0.15, 0.2) is 5.76 Å². The van der Waals surface area contributed by atoms with Crippen molar-refractivity contribution in [2.24, 2.45) is 0 Å². The normalized spacial score (nSPS) is 10.6. The first-order valence-electron chi connectivity index (χ1n) is 7.51. The monoisotopic (exact) mass is 357 g/mol. The van der Waals surface area contributed by atoms with Crippen molar-refractivity contribution in [1.82, 2.24) is 4.40 Å². The number of esters is 2. The Morgan fingerprint density at radius 1 is 1.00 bits per heavy atom. The number of carbonyl (C=O) groups is 2. The van der Waals surface area contributed by atoms with Gasteiger partial charge < -0.3 is 23.0 Å². The molecule has 0 amide bonds. The third kappa shape index (κ3) is 2.71. The van der Waals surface area contributed by atoms with Crippen LogP contribution in [0.25, 0.3) is 17.0 Å². The fraction of sp³-hybridized carbons (Fsp3) is 0.167. The summed E-state index contributed by atoms with van der Waals surface area (Å²) in [6.45, 7) is 0. The summed E-state index contributed by atoms with van der Waals surface area (Å²) in [6.07, 6.45) is 1.63. The van der Waals surface area contributed by atoms with Crippen molar-refractivity contribution in [1.29, 1.82) is 0 Å². The molecule has 0 spiro atoms. The van der Waals surface area contributed by atoms with E-state index in [9.17, 15) is 14.4 Å². The fourth-order valence-electron chi connectivity index (χ4n) is 2.75. The summed E-state index contributed by atoms with van der Waals surface area (Å²) in [5.41, 5.74) is -0.132. The summed E-state index contributed by atoms with van der Waals surface area (Å²) in [5, 5.41) is 0. The summed E-state index contributed by atoms with van der Waals surface area (Å²) in [5.74, 6) is -1.19. The number of pyridine rings is 1. The summed E-state index contributed by atoms with van der Waals surface area (Å²) < 4.78 is 21.6. The molecule has 8 heteroatoms. The first-order chi connectivity index (χ1) is 12.5. The van der Waals surface area contributed by atoms with E-state index in [4.69, 9.17) is 18.6 Å². The van der Waals surface area contributed by atoms with E-state index in [-0.39, 0.29) is 28.3 Å². The third-order valence-electron chi connectivity index (χ3n) is 3.84. The average molecular weight is 357 g/mol. The minimum Gasteiger partial charge on any atom is -0.496 e. The van der Waals surface area contributed by atoms with Crippen LogP contribution in [0.4, 0.5) is 0 Å². The Bertz CT molecular complexity index is 1060. The van der Waals surface area contributed by atoms with Crippen LogP contribution in [0.5, 0.6) is 5.75 Å². The molecule has 3 heterocycles. The highest BCUT2D eigenvalue weighted by Gasteiger charge is 2.31. The minimum atomic E-state index is -0.769. The van der Waals surface area contributed by atoms with Gasteiger partial charge in [0.1, 0.15) is 22.6 Å². The molecule has 134 valence electrons. The van der Waals surface area contributed by atoms with Gasteiger partial charge in [-0.15, -0.1) is 0 Å². The van der Waals surface area contributed by atoms with Crippen LogP contribution in [0.2, 0.25) is 0 Å². The van der Waals surface area contributed by atoms with Gasteiger partial charge in [0.2, 0.25) is 0 Å². The maximum Gasteiger partial charge on any atom is 0.341 e. The Hall–Kier alpha value is -3.55. The lowest BCUT2D eigenvalue weighted by atomic mass is 10.1. The predicted octanol–water partition coefficient (Wildman–Crippen LogP) is 2.14. The van der Waals surface area contributed by atoms with Gasteiger partial charge >= 0.3 is 17.6 Å². The topological polar surface area (TPSA) is 96.5 Å². The molecule has 3 aromatic heterocycles. The zero-order chi connectivity index (χ0) is 18.8. The molecule has 26 heavy (non-hydrogen) atoms. The molecule has 0 saturated heterocycles. The first-order valence-corrected chi connectivity index (χ1v) is 7.51. The number of methoxy groups -OCH3 is 3. The standard InChI is InChI=1S/C18H15NO7/c1-23-10-8-12(26-13(20)9-10)16-15(18(22)25-3)14(17(21)24-2)11-6-4-5-7-19(11)16/h4-9H,1-3H3. The van der Waals surface area contributed by atoms with Crippen LogP contribution in [-0.4, -0.2) is 37.7 Å². The van der Waals surface area contributed by atoms with Crippen molar-refractivity contribution in [3.63, 3.8) is 0 Å². The Labute approximate surface area is 147 Å². The second-order valence-corrected chi connectivity index (χ2v) is 5.22. The van der Waals surface area contributed by atoms with Gasteiger partial charge in [-0.1, -0.05) is 6.07 Å². The number of rotatable bonds is 4. The van der Waals surface area contributed by atoms with Gasteiger partial charge in [-0.3, -0.25) is 0 Å². The number of hydrogen-bond donors (Lipinski definition) is 0. The molecule has 8 nitrogen and oxygen atoms in total. The summed E-state index contributed by atoms with van der Waals surface area (Å²) >= 11 is 0. The lowest BCUT2D eigenvalue weighted by molar-refractivity contribution is 0.0558. The Balaban J connectivity index is 2.49. The highest BCUT2D eigenvalue weighted by atomic mass is 16.5. The Morgan fingerprint density at radius 3 is 2.35 bits per heavy atom. The Morgan fingerprint density at radius 2 is 1.69 bits per heavy atom. The van der Waals surface area contributed by atoms with Crippen molar-refractivity contribution >= 4 is 17.5 Å². The average Bonchev–Trinajstić information content (AvgIpc) is 3.01. The summed E-state index contributed by atoms with van der Waals surface area (Å²) in [6, 6.07) is 7.66. The highest BCUT2D eigenvalue weighted by Crippen LogP contribution is 2.33. The number of nitrogens with zero attached hydrogens (tertiary/aromatic N) is 1. The molecule has 0 saturated carbocycles. The molecule has 0 aliphatic rings. The first kappa shape index (κ1) is 17.3. The predicted molar refractivity (Wildman–Crippen MR) is 90.6 cm³/mol. The molecule has 0 atom stereocenters. The van der Waals surface area contributed by atoms with Crippen LogP contribution in [0.15, 0.2) is 45.7 Å². The zero-order valence-electron chi connectivity index (χ0n) is 14.3. The van der Waals surface area contributed by atoms with Crippen molar-refractivity contribution in [3.05, 3.63) is 58.1 Å². The van der Waals surface area contributed by atoms with Crippen LogP contribution in [-0.2, 0) is 9.47 Å². The number of fused-ring (bicyclic) bond motifs is 1. The van der Waals surface area contributed by atoms with Crippen LogP contribution in [0, 0.1) is 0 Å². The van der Waals surface area contributed by atoms with Crippen molar-refractivity contribution in [3.8, 4) is 17.2 Å². The van der Waals surface area contributed by atoms with E-state index >= 15 is 0 Å². The molecular formula is C18H15NO7. The van der Waals surface area contributed by atoms with Crippen LogP contribution < -0.4 is 10.4 Å². The van der Waals surface area contributed by atoms with Gasteiger partial charge in [-0.05, 0) is 12.1 Å². The Kier molecular flexibility index (Phi) is 4.49. The number of carbonyl (C=O) groups excluding carboxylic acids is 2. The molecule has 0 aromatic carbocycles. The van der Waals surface area contributed by atoms with Crippen molar-refractivity contribution in [2.75, 3.05) is 21.3 Å². The van der Waals surface area contributed by atoms with E-state index in [1.165, 1.54) is 33.5 Å².